The summed E-state index contributed by atoms with van der Waals surface area (Å²) in [6.45, 7) is 0.325. The predicted molar refractivity (Wildman–Crippen MR) is 102 cm³/mol. The third-order valence-electron chi connectivity index (χ3n) is 3.13. The van der Waals surface area contributed by atoms with Crippen LogP contribution in [-0.2, 0) is 6.61 Å². The van der Waals surface area contributed by atoms with Gasteiger partial charge in [-0.05, 0) is 80.2 Å². The highest BCUT2D eigenvalue weighted by atomic mass is 127. The van der Waals surface area contributed by atoms with Crippen molar-refractivity contribution in [2.75, 3.05) is 0 Å². The van der Waals surface area contributed by atoms with Crippen molar-refractivity contribution >= 4 is 50.9 Å². The van der Waals surface area contributed by atoms with Crippen LogP contribution in [0.3, 0.4) is 0 Å². The Hall–Kier alpha value is -1.83. The number of non-ortho nitro benzene ring substituents is 1. The molecule has 24 heavy (non-hydrogen) atoms. The van der Waals surface area contributed by atoms with E-state index in [2.05, 4.69) is 65.8 Å². The van der Waals surface area contributed by atoms with Gasteiger partial charge in [-0.3, -0.25) is 10.1 Å². The van der Waals surface area contributed by atoms with E-state index in [9.17, 15) is 10.1 Å². The molecular weight excluding hydrogens is 540 g/mol. The van der Waals surface area contributed by atoms with E-state index in [0.29, 0.717) is 12.4 Å². The van der Waals surface area contributed by atoms with Gasteiger partial charge < -0.3 is 4.74 Å². The van der Waals surface area contributed by atoms with E-state index in [4.69, 9.17) is 4.74 Å². The van der Waals surface area contributed by atoms with Gasteiger partial charge in [0.25, 0.3) is 5.69 Å². The topological polar surface area (TPSA) is 107 Å². The Bertz CT molecular complexity index is 846. The highest BCUT2D eigenvalue weighted by Gasteiger charge is 2.13. The number of halogens is 2. The Balaban J connectivity index is 1.76. The molecule has 0 saturated carbocycles. The molecule has 3 aromatic rings. The smallest absolute Gasteiger partial charge is 0.269 e. The summed E-state index contributed by atoms with van der Waals surface area (Å²) in [5.41, 5.74) is 1.77. The lowest BCUT2D eigenvalue weighted by Crippen LogP contribution is -2.00. The predicted octanol–water partition coefficient (Wildman–Crippen LogP) is 3.56. The summed E-state index contributed by atoms with van der Waals surface area (Å²) in [6, 6.07) is 10.1. The standard InChI is InChI=1S/C14H9I2N5O3/c15-11-5-9(14-17-19-20-18-14)6-12(16)13(11)24-7-8-1-3-10(4-2-8)21(22)23/h1-6H,7H2,(H,17,18,19,20). The largest absolute Gasteiger partial charge is 0.487 e. The van der Waals surface area contributed by atoms with Crippen molar-refractivity contribution in [3.8, 4) is 17.1 Å². The number of rotatable bonds is 5. The molecule has 1 aromatic heterocycles. The first-order valence-electron chi connectivity index (χ1n) is 6.63. The number of nitro groups is 1. The molecule has 10 heteroatoms. The van der Waals surface area contributed by atoms with Crippen LogP contribution >= 0.6 is 45.2 Å². The molecule has 1 heterocycles. The van der Waals surface area contributed by atoms with Crippen molar-refractivity contribution in [3.05, 3.63) is 59.2 Å². The quantitative estimate of drug-likeness (QED) is 0.297. The van der Waals surface area contributed by atoms with Crippen LogP contribution in [0.15, 0.2) is 36.4 Å². The maximum absolute atomic E-state index is 10.7. The lowest BCUT2D eigenvalue weighted by atomic mass is 10.2. The van der Waals surface area contributed by atoms with Crippen molar-refractivity contribution in [2.45, 2.75) is 6.61 Å². The Kier molecular flexibility index (Phi) is 5.23. The Morgan fingerprint density at radius 3 is 2.38 bits per heavy atom. The van der Waals surface area contributed by atoms with Gasteiger partial charge in [-0.2, -0.15) is 5.21 Å². The van der Waals surface area contributed by atoms with Crippen LogP contribution in [0.4, 0.5) is 5.69 Å². The van der Waals surface area contributed by atoms with Gasteiger partial charge >= 0.3 is 0 Å². The van der Waals surface area contributed by atoms with Crippen molar-refractivity contribution in [2.24, 2.45) is 0 Å². The molecule has 2 aromatic carbocycles. The second kappa shape index (κ2) is 7.38. The molecule has 0 amide bonds. The molecule has 0 saturated heterocycles. The molecule has 3 rings (SSSR count). The van der Waals surface area contributed by atoms with Gasteiger partial charge in [0.15, 0.2) is 0 Å². The number of nitrogens with zero attached hydrogens (tertiary/aromatic N) is 4. The van der Waals surface area contributed by atoms with Crippen LogP contribution in [0.5, 0.6) is 5.75 Å². The minimum absolute atomic E-state index is 0.0624. The summed E-state index contributed by atoms with van der Waals surface area (Å²) >= 11 is 4.38. The van der Waals surface area contributed by atoms with Crippen molar-refractivity contribution < 1.29 is 9.66 Å². The fraction of sp³-hybridized carbons (Fsp3) is 0.0714. The number of nitro benzene ring substituents is 1. The first-order chi connectivity index (χ1) is 11.5. The average Bonchev–Trinajstić information content (AvgIpc) is 3.09. The highest BCUT2D eigenvalue weighted by molar-refractivity contribution is 14.1. The molecule has 8 nitrogen and oxygen atoms in total. The summed E-state index contributed by atoms with van der Waals surface area (Å²) < 4.78 is 7.71. The molecule has 0 atom stereocenters. The van der Waals surface area contributed by atoms with Crippen LogP contribution in [-0.4, -0.2) is 25.5 Å². The molecule has 1 N–H and O–H groups in total. The fourth-order valence-corrected chi connectivity index (χ4v) is 4.06. The number of aromatic nitrogens is 4. The second-order valence-corrected chi connectivity index (χ2v) is 7.04. The van der Waals surface area contributed by atoms with Crippen LogP contribution in [0.25, 0.3) is 11.4 Å². The van der Waals surface area contributed by atoms with Crippen LogP contribution < -0.4 is 4.74 Å². The van der Waals surface area contributed by atoms with E-state index in [-0.39, 0.29) is 5.69 Å². The zero-order chi connectivity index (χ0) is 17.1. The van der Waals surface area contributed by atoms with E-state index < -0.39 is 4.92 Å². The Labute approximate surface area is 163 Å². The van der Waals surface area contributed by atoms with Crippen molar-refractivity contribution in [1.29, 1.82) is 0 Å². The van der Waals surface area contributed by atoms with Gasteiger partial charge in [0.1, 0.15) is 12.4 Å². The molecule has 0 aliphatic heterocycles. The number of hydrogen-bond acceptors (Lipinski definition) is 6. The van der Waals surface area contributed by atoms with Crippen LogP contribution in [0.1, 0.15) is 5.56 Å². The molecule has 0 bridgehead atoms. The highest BCUT2D eigenvalue weighted by Crippen LogP contribution is 2.32. The number of nitrogens with one attached hydrogen (secondary N) is 1. The minimum atomic E-state index is -0.423. The normalized spacial score (nSPS) is 10.6. The third kappa shape index (κ3) is 3.80. The summed E-state index contributed by atoms with van der Waals surface area (Å²) in [5, 5.41) is 24.6. The molecule has 0 aliphatic rings. The summed E-state index contributed by atoms with van der Waals surface area (Å²) in [5.74, 6) is 1.27. The fourth-order valence-electron chi connectivity index (χ4n) is 1.98. The number of ether oxygens (including phenoxy) is 1. The van der Waals surface area contributed by atoms with Gasteiger partial charge in [0.05, 0.1) is 12.1 Å². The maximum atomic E-state index is 10.7. The minimum Gasteiger partial charge on any atom is -0.487 e. The molecule has 0 aliphatic carbocycles. The lowest BCUT2D eigenvalue weighted by molar-refractivity contribution is -0.384. The van der Waals surface area contributed by atoms with Gasteiger partial charge in [0, 0.05) is 17.7 Å². The number of tetrazole rings is 1. The summed E-state index contributed by atoms with van der Waals surface area (Å²) in [7, 11) is 0. The first-order valence-corrected chi connectivity index (χ1v) is 8.79. The number of H-pyrrole nitrogens is 1. The molecule has 122 valence electrons. The van der Waals surface area contributed by atoms with E-state index >= 15 is 0 Å². The molecule has 0 spiro atoms. The number of benzene rings is 2. The molecule has 0 fully saturated rings. The number of hydrogen-bond donors (Lipinski definition) is 1. The Morgan fingerprint density at radius 1 is 1.17 bits per heavy atom. The van der Waals surface area contributed by atoms with Gasteiger partial charge in [-0.25, -0.2) is 0 Å². The number of aromatic amines is 1. The second-order valence-electron chi connectivity index (χ2n) is 4.72. The van der Waals surface area contributed by atoms with Crippen LogP contribution in [0, 0.1) is 17.3 Å². The van der Waals surface area contributed by atoms with Gasteiger partial charge in [0.2, 0.25) is 5.82 Å². The molecule has 0 radical (unpaired) electrons. The summed E-state index contributed by atoms with van der Waals surface area (Å²) in [4.78, 5) is 10.2. The zero-order valence-corrected chi connectivity index (χ0v) is 16.3. The molecular formula is C14H9I2N5O3. The van der Waals surface area contributed by atoms with E-state index in [0.717, 1.165) is 24.0 Å². The third-order valence-corrected chi connectivity index (χ3v) is 4.73. The van der Waals surface area contributed by atoms with E-state index in [1.165, 1.54) is 12.1 Å². The van der Waals surface area contributed by atoms with Crippen molar-refractivity contribution in [3.63, 3.8) is 0 Å². The van der Waals surface area contributed by atoms with Gasteiger partial charge in [-0.1, -0.05) is 0 Å². The van der Waals surface area contributed by atoms with E-state index in [1.54, 1.807) is 12.1 Å². The lowest BCUT2D eigenvalue weighted by Gasteiger charge is -2.11. The first kappa shape index (κ1) is 17.0. The van der Waals surface area contributed by atoms with Crippen LogP contribution in [0.2, 0.25) is 0 Å². The average molecular weight is 549 g/mol. The maximum Gasteiger partial charge on any atom is 0.269 e. The van der Waals surface area contributed by atoms with Crippen molar-refractivity contribution in [1.82, 2.24) is 20.6 Å². The summed E-state index contributed by atoms with van der Waals surface area (Å²) in [6.07, 6.45) is 0. The zero-order valence-electron chi connectivity index (χ0n) is 11.9. The SMILES string of the molecule is O=[N+]([O-])c1ccc(COc2c(I)cc(-c3nn[nH]n3)cc2I)cc1. The van der Waals surface area contributed by atoms with Gasteiger partial charge in [-0.15, -0.1) is 10.2 Å². The molecule has 0 unspecified atom stereocenters. The monoisotopic (exact) mass is 549 g/mol. The Morgan fingerprint density at radius 2 is 1.83 bits per heavy atom. The van der Waals surface area contributed by atoms with E-state index in [1.807, 2.05) is 12.1 Å².